The third kappa shape index (κ3) is 3.23. The number of carbonyl (C=O) groups is 1. The van der Waals surface area contributed by atoms with E-state index in [9.17, 15) is 4.79 Å². The summed E-state index contributed by atoms with van der Waals surface area (Å²) in [5.41, 5.74) is 8.53. The Bertz CT molecular complexity index is 1010. The van der Waals surface area contributed by atoms with Gasteiger partial charge in [0.05, 0.1) is 16.3 Å². The topological polar surface area (TPSA) is 83.3 Å². The number of fused-ring (bicyclic) bond motifs is 2. The van der Waals surface area contributed by atoms with Crippen LogP contribution in [0, 0.1) is 12.8 Å². The molecular formula is C20H21N5O2S. The van der Waals surface area contributed by atoms with E-state index >= 15 is 0 Å². The van der Waals surface area contributed by atoms with Crippen LogP contribution in [0.4, 0.5) is 0 Å². The molecule has 0 spiro atoms. The number of hydrazine groups is 1. The lowest BCUT2D eigenvalue weighted by Crippen LogP contribution is -2.47. The molecule has 28 heavy (non-hydrogen) atoms. The first kappa shape index (κ1) is 17.5. The zero-order valence-electron chi connectivity index (χ0n) is 15.5. The van der Waals surface area contributed by atoms with E-state index < -0.39 is 0 Å². The summed E-state index contributed by atoms with van der Waals surface area (Å²) in [5.74, 6) is 1.08. The number of nitrogens with zero attached hydrogens (tertiary/aromatic N) is 3. The molecule has 1 aromatic carbocycles. The molecule has 5 rings (SSSR count). The molecule has 2 N–H and O–H groups in total. The molecule has 4 heterocycles. The third-order valence-corrected chi connectivity index (χ3v) is 6.47. The molecule has 0 aliphatic carbocycles. The first-order valence-corrected chi connectivity index (χ1v) is 10.3. The number of thiazole rings is 1. The van der Waals surface area contributed by atoms with Crippen molar-refractivity contribution in [3.8, 4) is 0 Å². The van der Waals surface area contributed by atoms with E-state index in [1.165, 1.54) is 0 Å². The van der Waals surface area contributed by atoms with Gasteiger partial charge in [-0.3, -0.25) is 10.2 Å². The number of nitrogens with one attached hydrogen (secondary N) is 2. The number of hydrogen-bond acceptors (Lipinski definition) is 7. The van der Waals surface area contributed by atoms with Crippen LogP contribution in [0.25, 0.3) is 16.3 Å². The number of carbonyl (C=O) groups excluding carboxylic acids is 1. The molecular weight excluding hydrogens is 374 g/mol. The van der Waals surface area contributed by atoms with Crippen LogP contribution >= 0.6 is 11.3 Å². The van der Waals surface area contributed by atoms with Crippen molar-refractivity contribution in [2.24, 2.45) is 5.92 Å². The van der Waals surface area contributed by atoms with Crippen LogP contribution < -0.4 is 10.9 Å². The van der Waals surface area contributed by atoms with E-state index in [0.717, 1.165) is 39.6 Å². The fourth-order valence-corrected chi connectivity index (χ4v) is 4.91. The van der Waals surface area contributed by atoms with Gasteiger partial charge in [-0.15, -0.1) is 11.3 Å². The van der Waals surface area contributed by atoms with Gasteiger partial charge in [-0.2, -0.15) is 0 Å². The second-order valence-electron chi connectivity index (χ2n) is 7.33. The van der Waals surface area contributed by atoms with Gasteiger partial charge in [-0.05, 0) is 31.6 Å². The minimum Gasteiger partial charge on any atom is -0.361 e. The lowest BCUT2D eigenvalue weighted by Gasteiger charge is -2.35. The number of amides is 1. The van der Waals surface area contributed by atoms with Gasteiger partial charge < -0.3 is 9.42 Å². The highest BCUT2D eigenvalue weighted by atomic mass is 32.1. The SMILES string of the molecule is Cc1cc(C2NNC3CCN(C(=O)/C=C/c4nc5ccccc5s4)CC32)no1. The van der Waals surface area contributed by atoms with Gasteiger partial charge in [0, 0.05) is 37.2 Å². The van der Waals surface area contributed by atoms with Crippen molar-refractivity contribution in [3.63, 3.8) is 0 Å². The van der Waals surface area contributed by atoms with Gasteiger partial charge >= 0.3 is 0 Å². The summed E-state index contributed by atoms with van der Waals surface area (Å²) >= 11 is 1.59. The highest BCUT2D eigenvalue weighted by Crippen LogP contribution is 2.33. The molecule has 2 saturated heterocycles. The molecule has 144 valence electrons. The van der Waals surface area contributed by atoms with Crippen LogP contribution in [0.3, 0.4) is 0 Å². The molecule has 1 amide bonds. The van der Waals surface area contributed by atoms with Gasteiger partial charge in [-0.1, -0.05) is 17.3 Å². The van der Waals surface area contributed by atoms with Crippen molar-refractivity contribution in [2.75, 3.05) is 13.1 Å². The average Bonchev–Trinajstić information content (AvgIpc) is 3.42. The van der Waals surface area contributed by atoms with E-state index in [1.54, 1.807) is 17.4 Å². The summed E-state index contributed by atoms with van der Waals surface area (Å²) < 4.78 is 6.36. The highest BCUT2D eigenvalue weighted by molar-refractivity contribution is 7.19. The maximum Gasteiger partial charge on any atom is 0.246 e. The molecule has 8 heteroatoms. The minimum absolute atomic E-state index is 0.0275. The minimum atomic E-state index is 0.0275. The Balaban J connectivity index is 1.29. The Morgan fingerprint density at radius 2 is 2.25 bits per heavy atom. The molecule has 2 fully saturated rings. The molecule has 2 aliphatic heterocycles. The van der Waals surface area contributed by atoms with Gasteiger partial charge in [0.25, 0.3) is 0 Å². The summed E-state index contributed by atoms with van der Waals surface area (Å²) in [6.07, 6.45) is 4.37. The van der Waals surface area contributed by atoms with Crippen molar-refractivity contribution in [1.82, 2.24) is 25.9 Å². The fourth-order valence-electron chi connectivity index (χ4n) is 4.04. The predicted molar refractivity (Wildman–Crippen MR) is 107 cm³/mol. The largest absolute Gasteiger partial charge is 0.361 e. The average molecular weight is 395 g/mol. The molecule has 2 aliphatic rings. The van der Waals surface area contributed by atoms with Crippen LogP contribution in [0.5, 0.6) is 0 Å². The lowest BCUT2D eigenvalue weighted by atomic mass is 9.87. The van der Waals surface area contributed by atoms with E-state index in [2.05, 4.69) is 21.0 Å². The Kier molecular flexibility index (Phi) is 4.46. The maximum absolute atomic E-state index is 12.8. The van der Waals surface area contributed by atoms with Crippen LogP contribution in [-0.4, -0.2) is 40.1 Å². The monoisotopic (exact) mass is 395 g/mol. The Morgan fingerprint density at radius 3 is 3.07 bits per heavy atom. The smallest absolute Gasteiger partial charge is 0.246 e. The van der Waals surface area contributed by atoms with Gasteiger partial charge in [0.1, 0.15) is 16.5 Å². The quantitative estimate of drug-likeness (QED) is 0.664. The van der Waals surface area contributed by atoms with Crippen LogP contribution in [0.15, 0.2) is 40.9 Å². The first-order chi connectivity index (χ1) is 13.7. The van der Waals surface area contributed by atoms with Crippen molar-refractivity contribution < 1.29 is 9.32 Å². The molecule has 3 atom stereocenters. The Morgan fingerprint density at radius 1 is 1.36 bits per heavy atom. The lowest BCUT2D eigenvalue weighted by molar-refractivity contribution is -0.127. The molecule has 0 saturated carbocycles. The van der Waals surface area contributed by atoms with Gasteiger partial charge in [0.15, 0.2) is 0 Å². The normalized spacial score (nSPS) is 24.9. The molecule has 0 bridgehead atoms. The zero-order chi connectivity index (χ0) is 19.1. The van der Waals surface area contributed by atoms with Gasteiger partial charge in [0.2, 0.25) is 5.91 Å². The van der Waals surface area contributed by atoms with Crippen LogP contribution in [-0.2, 0) is 4.79 Å². The van der Waals surface area contributed by atoms with Crippen molar-refractivity contribution in [2.45, 2.75) is 25.4 Å². The molecule has 7 nitrogen and oxygen atoms in total. The fraction of sp³-hybridized carbons (Fsp3) is 0.350. The second-order valence-corrected chi connectivity index (χ2v) is 8.39. The number of para-hydroxylation sites is 1. The number of aryl methyl sites for hydroxylation is 1. The summed E-state index contributed by atoms with van der Waals surface area (Å²) in [7, 11) is 0. The van der Waals surface area contributed by atoms with E-state index in [1.807, 2.05) is 48.2 Å². The predicted octanol–water partition coefficient (Wildman–Crippen LogP) is 2.67. The number of hydrogen-bond donors (Lipinski definition) is 2. The summed E-state index contributed by atoms with van der Waals surface area (Å²) in [5, 5.41) is 5.01. The number of likely N-dealkylation sites (tertiary alicyclic amines) is 1. The summed E-state index contributed by atoms with van der Waals surface area (Å²) in [4.78, 5) is 19.2. The molecule has 2 aromatic heterocycles. The standard InChI is InChI=1S/C20H21N5O2S/c1-12-10-16(24-27-12)20-13-11-25(9-8-14(13)22-23-20)19(26)7-6-18-21-15-4-2-3-5-17(15)28-18/h2-7,10,13-14,20,22-23H,8-9,11H2,1H3/b7-6+. The summed E-state index contributed by atoms with van der Waals surface area (Å²) in [6, 6.07) is 10.3. The van der Waals surface area contributed by atoms with Crippen molar-refractivity contribution in [1.29, 1.82) is 0 Å². The second kappa shape index (κ2) is 7.12. The number of piperidine rings is 1. The van der Waals surface area contributed by atoms with Crippen LogP contribution in [0.2, 0.25) is 0 Å². The first-order valence-electron chi connectivity index (χ1n) is 9.44. The number of aromatic nitrogens is 2. The van der Waals surface area contributed by atoms with Crippen molar-refractivity contribution >= 4 is 33.5 Å². The summed E-state index contributed by atoms with van der Waals surface area (Å²) in [6.45, 7) is 3.31. The van der Waals surface area contributed by atoms with E-state index in [0.29, 0.717) is 12.6 Å². The molecule has 0 radical (unpaired) electrons. The Labute approximate surface area is 166 Å². The molecule has 3 unspecified atom stereocenters. The van der Waals surface area contributed by atoms with E-state index in [-0.39, 0.29) is 17.9 Å². The highest BCUT2D eigenvalue weighted by Gasteiger charge is 2.42. The van der Waals surface area contributed by atoms with Crippen molar-refractivity contribution in [3.05, 3.63) is 52.9 Å². The zero-order valence-corrected chi connectivity index (χ0v) is 16.3. The molecule has 3 aromatic rings. The number of rotatable bonds is 3. The number of benzene rings is 1. The van der Waals surface area contributed by atoms with E-state index in [4.69, 9.17) is 4.52 Å². The third-order valence-electron chi connectivity index (χ3n) is 5.47. The Hall–Kier alpha value is -2.55. The van der Waals surface area contributed by atoms with Gasteiger partial charge in [-0.25, -0.2) is 10.4 Å². The maximum atomic E-state index is 12.8. The van der Waals surface area contributed by atoms with Crippen LogP contribution in [0.1, 0.15) is 28.9 Å².